The fourth-order valence-corrected chi connectivity index (χ4v) is 3.00. The second-order valence-electron chi connectivity index (χ2n) is 5.17. The Balaban J connectivity index is 0.00000120. The van der Waals surface area contributed by atoms with Crippen molar-refractivity contribution in [3.05, 3.63) is 29.5 Å². The molecule has 3 heteroatoms. The van der Waals surface area contributed by atoms with Crippen LogP contribution < -0.4 is 21.7 Å². The van der Waals surface area contributed by atoms with Crippen LogP contribution in [0.15, 0.2) is 18.2 Å². The molecule has 3 rings (SSSR count). The van der Waals surface area contributed by atoms with E-state index in [1.165, 1.54) is 55.2 Å². The number of hydrogen-bond donors (Lipinski definition) is 0. The minimum atomic E-state index is 0. The van der Waals surface area contributed by atoms with E-state index >= 15 is 0 Å². The van der Waals surface area contributed by atoms with Gasteiger partial charge in [-0.15, -0.1) is 4.68 Å². The lowest BCUT2D eigenvalue weighted by Crippen LogP contribution is -3.00. The number of aryl methyl sites for hydroxylation is 3. The Bertz CT molecular complexity index is 557. The molecule has 2 heterocycles. The van der Waals surface area contributed by atoms with Crippen LogP contribution >= 0.6 is 0 Å². The van der Waals surface area contributed by atoms with E-state index in [0.29, 0.717) is 0 Å². The van der Waals surface area contributed by atoms with E-state index in [2.05, 4.69) is 41.4 Å². The topological polar surface area (TPSA) is 8.81 Å². The molecule has 1 aliphatic heterocycles. The van der Waals surface area contributed by atoms with Crippen LogP contribution in [0.2, 0.25) is 0 Å². The van der Waals surface area contributed by atoms with Gasteiger partial charge in [0.05, 0.1) is 17.6 Å². The summed E-state index contributed by atoms with van der Waals surface area (Å²) in [6.45, 7) is 6.85. The largest absolute Gasteiger partial charge is 1.00 e. The normalized spacial score (nSPS) is 13.7. The molecule has 1 aromatic heterocycles. The molecule has 0 atom stereocenters. The van der Waals surface area contributed by atoms with Gasteiger partial charge in [-0.25, -0.2) is 0 Å². The van der Waals surface area contributed by atoms with Gasteiger partial charge in [-0.2, -0.15) is 4.68 Å². The number of aromatic nitrogens is 2. The summed E-state index contributed by atoms with van der Waals surface area (Å²) in [7, 11) is 0. The third-order valence-corrected chi connectivity index (χ3v) is 3.85. The standard InChI is InChI=1S/C15H21N2.BrH/c1-3-4-6-14-13-11-12(2)7-8-15(13)17-10-5-9-16(14)17;/h7-8,11H,3-6,9-10H2,1-2H3;1H/q+1;/p-1. The molecular formula is C15H21BrN2. The van der Waals surface area contributed by atoms with Crippen molar-refractivity contribution in [3.63, 3.8) is 0 Å². The summed E-state index contributed by atoms with van der Waals surface area (Å²) >= 11 is 0. The monoisotopic (exact) mass is 308 g/mol. The Kier molecular flexibility index (Phi) is 4.10. The molecular weight excluding hydrogens is 288 g/mol. The Morgan fingerprint density at radius 3 is 2.94 bits per heavy atom. The highest BCUT2D eigenvalue weighted by molar-refractivity contribution is 5.79. The number of halogens is 1. The van der Waals surface area contributed by atoms with E-state index in [1.807, 2.05) is 0 Å². The van der Waals surface area contributed by atoms with Crippen molar-refractivity contribution in [2.45, 2.75) is 52.6 Å². The highest BCUT2D eigenvalue weighted by Gasteiger charge is 2.27. The second kappa shape index (κ2) is 5.43. The van der Waals surface area contributed by atoms with Crippen LogP contribution in [0.3, 0.4) is 0 Å². The van der Waals surface area contributed by atoms with Crippen LogP contribution in [0.4, 0.5) is 0 Å². The van der Waals surface area contributed by atoms with Crippen LogP contribution in [-0.4, -0.2) is 4.68 Å². The van der Waals surface area contributed by atoms with Crippen molar-refractivity contribution >= 4 is 10.9 Å². The molecule has 0 spiro atoms. The van der Waals surface area contributed by atoms with Gasteiger partial charge in [-0.3, -0.25) is 0 Å². The maximum Gasteiger partial charge on any atom is 0.238 e. The molecule has 1 aromatic carbocycles. The molecule has 0 saturated heterocycles. The van der Waals surface area contributed by atoms with Crippen molar-refractivity contribution in [1.29, 1.82) is 0 Å². The van der Waals surface area contributed by atoms with Crippen molar-refractivity contribution in [3.8, 4) is 0 Å². The lowest BCUT2D eigenvalue weighted by molar-refractivity contribution is -0.735. The van der Waals surface area contributed by atoms with Crippen LogP contribution in [0.25, 0.3) is 10.9 Å². The van der Waals surface area contributed by atoms with Crippen LogP contribution in [0.5, 0.6) is 0 Å². The third kappa shape index (κ3) is 2.09. The number of unbranched alkanes of at least 4 members (excludes halogenated alkanes) is 1. The van der Waals surface area contributed by atoms with Crippen LogP contribution in [0, 0.1) is 6.92 Å². The molecule has 0 saturated carbocycles. The molecule has 0 amide bonds. The number of rotatable bonds is 3. The number of nitrogens with zero attached hydrogens (tertiary/aromatic N) is 2. The van der Waals surface area contributed by atoms with E-state index in [9.17, 15) is 0 Å². The molecule has 2 nitrogen and oxygen atoms in total. The lowest BCUT2D eigenvalue weighted by atomic mass is 10.1. The predicted octanol–water partition coefficient (Wildman–Crippen LogP) is -0.0125. The Hall–Kier alpha value is -0.830. The minimum Gasteiger partial charge on any atom is -1.00 e. The summed E-state index contributed by atoms with van der Waals surface area (Å²) in [4.78, 5) is 0. The van der Waals surface area contributed by atoms with Gasteiger partial charge in [-0.1, -0.05) is 19.4 Å². The molecule has 0 fully saturated rings. The average molecular weight is 309 g/mol. The van der Waals surface area contributed by atoms with E-state index in [1.54, 1.807) is 5.69 Å². The van der Waals surface area contributed by atoms with Crippen LogP contribution in [0.1, 0.15) is 37.4 Å². The van der Waals surface area contributed by atoms with Gasteiger partial charge in [0.15, 0.2) is 6.54 Å². The first-order valence-electron chi connectivity index (χ1n) is 6.83. The van der Waals surface area contributed by atoms with Crippen molar-refractivity contribution in [2.24, 2.45) is 0 Å². The van der Waals surface area contributed by atoms with E-state index in [4.69, 9.17) is 0 Å². The smallest absolute Gasteiger partial charge is 0.238 e. The predicted molar refractivity (Wildman–Crippen MR) is 70.1 cm³/mol. The van der Waals surface area contributed by atoms with Gasteiger partial charge in [0.2, 0.25) is 5.52 Å². The second-order valence-corrected chi connectivity index (χ2v) is 5.17. The van der Waals surface area contributed by atoms with E-state index < -0.39 is 0 Å². The summed E-state index contributed by atoms with van der Waals surface area (Å²) in [5.74, 6) is 0. The van der Waals surface area contributed by atoms with Gasteiger partial charge < -0.3 is 17.0 Å². The fraction of sp³-hybridized carbons (Fsp3) is 0.533. The molecule has 2 aromatic rings. The lowest BCUT2D eigenvalue weighted by Gasteiger charge is -1.99. The number of benzene rings is 1. The van der Waals surface area contributed by atoms with E-state index in [0.717, 1.165) is 0 Å². The van der Waals surface area contributed by atoms with Crippen molar-refractivity contribution in [2.75, 3.05) is 0 Å². The molecule has 18 heavy (non-hydrogen) atoms. The van der Waals surface area contributed by atoms with Gasteiger partial charge in [-0.05, 0) is 31.4 Å². The maximum atomic E-state index is 2.51. The molecule has 98 valence electrons. The summed E-state index contributed by atoms with van der Waals surface area (Å²) in [5, 5.41) is 1.48. The Morgan fingerprint density at radius 1 is 1.33 bits per heavy atom. The highest BCUT2D eigenvalue weighted by Crippen LogP contribution is 2.23. The molecule has 0 unspecified atom stereocenters. The highest BCUT2D eigenvalue weighted by atomic mass is 79.9. The zero-order valence-corrected chi connectivity index (χ0v) is 12.8. The van der Waals surface area contributed by atoms with Gasteiger partial charge >= 0.3 is 0 Å². The molecule has 0 N–H and O–H groups in total. The van der Waals surface area contributed by atoms with Crippen LogP contribution in [-0.2, 0) is 19.5 Å². The zero-order chi connectivity index (χ0) is 11.8. The average Bonchev–Trinajstić information content (AvgIpc) is 2.87. The summed E-state index contributed by atoms with van der Waals surface area (Å²) in [5.41, 5.74) is 4.36. The summed E-state index contributed by atoms with van der Waals surface area (Å²) < 4.78 is 4.99. The zero-order valence-electron chi connectivity index (χ0n) is 11.2. The van der Waals surface area contributed by atoms with Gasteiger partial charge in [0, 0.05) is 12.5 Å². The number of hydrogen-bond acceptors (Lipinski definition) is 0. The Morgan fingerprint density at radius 2 is 2.17 bits per heavy atom. The molecule has 0 bridgehead atoms. The van der Waals surface area contributed by atoms with Crippen molar-refractivity contribution in [1.82, 2.24) is 4.68 Å². The first-order chi connectivity index (χ1) is 8.31. The molecule has 0 aliphatic carbocycles. The molecule has 0 radical (unpaired) electrons. The number of fused-ring (bicyclic) bond motifs is 3. The SMILES string of the molecule is CCCCc1c2cc(C)ccc2[n+]2n1CCC2.[Br-]. The minimum absolute atomic E-state index is 0. The summed E-state index contributed by atoms with van der Waals surface area (Å²) in [6, 6.07) is 6.89. The summed E-state index contributed by atoms with van der Waals surface area (Å²) in [6.07, 6.45) is 5.10. The van der Waals surface area contributed by atoms with Gasteiger partial charge in [0.25, 0.3) is 0 Å². The van der Waals surface area contributed by atoms with Crippen molar-refractivity contribution < 1.29 is 21.7 Å². The molecule has 1 aliphatic rings. The van der Waals surface area contributed by atoms with E-state index in [-0.39, 0.29) is 17.0 Å². The van der Waals surface area contributed by atoms with Gasteiger partial charge in [0.1, 0.15) is 0 Å². The first-order valence-corrected chi connectivity index (χ1v) is 6.83. The third-order valence-electron chi connectivity index (χ3n) is 3.85. The first kappa shape index (κ1) is 13.6. The quantitative estimate of drug-likeness (QED) is 0.705. The Labute approximate surface area is 119 Å². The fourth-order valence-electron chi connectivity index (χ4n) is 3.00. The maximum absolute atomic E-state index is 2.51.